The summed E-state index contributed by atoms with van der Waals surface area (Å²) in [5.41, 5.74) is 0.938. The molecule has 0 atom stereocenters. The van der Waals surface area contributed by atoms with Crippen LogP contribution in [0.5, 0.6) is 0 Å². The van der Waals surface area contributed by atoms with E-state index in [0.717, 1.165) is 42.2 Å². The smallest absolute Gasteiger partial charge is 0.147 e. The molecule has 0 aliphatic heterocycles. The molecule has 5 nitrogen and oxygen atoms in total. The highest BCUT2D eigenvalue weighted by molar-refractivity contribution is 5.77. The fraction of sp³-hybridized carbons (Fsp3) is 0.333. The van der Waals surface area contributed by atoms with Crippen LogP contribution in [0.3, 0.4) is 0 Å². The van der Waals surface area contributed by atoms with E-state index >= 15 is 0 Å². The second-order valence-corrected chi connectivity index (χ2v) is 4.96. The van der Waals surface area contributed by atoms with E-state index in [1.165, 1.54) is 0 Å². The van der Waals surface area contributed by atoms with E-state index in [1.807, 2.05) is 18.2 Å². The average Bonchev–Trinajstić information content (AvgIpc) is 3.03. The van der Waals surface area contributed by atoms with Crippen molar-refractivity contribution < 1.29 is 4.42 Å². The van der Waals surface area contributed by atoms with Gasteiger partial charge in [-0.05, 0) is 26.1 Å². The molecule has 0 amide bonds. The van der Waals surface area contributed by atoms with Gasteiger partial charge in [0, 0.05) is 11.9 Å². The van der Waals surface area contributed by atoms with Crippen LogP contribution in [0.4, 0.5) is 0 Å². The van der Waals surface area contributed by atoms with Gasteiger partial charge in [0.25, 0.3) is 0 Å². The summed E-state index contributed by atoms with van der Waals surface area (Å²) < 4.78 is 7.88. The Morgan fingerprint density at radius 3 is 2.90 bits per heavy atom. The van der Waals surface area contributed by atoms with E-state index in [0.29, 0.717) is 0 Å². The van der Waals surface area contributed by atoms with Crippen LogP contribution < -0.4 is 0 Å². The maximum absolute atomic E-state index is 5.83. The van der Waals surface area contributed by atoms with E-state index in [9.17, 15) is 0 Å². The molecule has 20 heavy (non-hydrogen) atoms. The third-order valence-corrected chi connectivity index (χ3v) is 3.35. The number of benzene rings is 1. The molecule has 0 bridgehead atoms. The normalized spacial score (nSPS) is 11.6. The fourth-order valence-corrected chi connectivity index (χ4v) is 2.34. The van der Waals surface area contributed by atoms with Crippen LogP contribution in [-0.2, 0) is 19.6 Å². The van der Waals surface area contributed by atoms with Crippen LogP contribution in [0.1, 0.15) is 18.5 Å². The quantitative estimate of drug-likeness (QED) is 0.715. The molecule has 3 aromatic rings. The SMILES string of the molecule is CCn1cnnc1CN(C)Cc1cc2ccccc2o1. The molecule has 0 fully saturated rings. The predicted molar refractivity (Wildman–Crippen MR) is 77.1 cm³/mol. The van der Waals surface area contributed by atoms with Crippen LogP contribution in [0.15, 0.2) is 41.1 Å². The first kappa shape index (κ1) is 12.9. The molecule has 0 N–H and O–H groups in total. The highest BCUT2D eigenvalue weighted by atomic mass is 16.3. The zero-order valence-electron chi connectivity index (χ0n) is 11.8. The Labute approximate surface area is 117 Å². The topological polar surface area (TPSA) is 47.1 Å². The van der Waals surface area contributed by atoms with Gasteiger partial charge in [-0.1, -0.05) is 18.2 Å². The third-order valence-electron chi connectivity index (χ3n) is 3.35. The van der Waals surface area contributed by atoms with Gasteiger partial charge in [-0.15, -0.1) is 10.2 Å². The standard InChI is InChI=1S/C15H18N4O/c1-3-19-11-16-17-15(19)10-18(2)9-13-8-12-6-4-5-7-14(12)20-13/h4-8,11H,3,9-10H2,1-2H3. The highest BCUT2D eigenvalue weighted by Crippen LogP contribution is 2.20. The molecule has 0 radical (unpaired) electrons. The van der Waals surface area contributed by atoms with Crippen LogP contribution in [-0.4, -0.2) is 26.7 Å². The summed E-state index contributed by atoms with van der Waals surface area (Å²) in [6, 6.07) is 10.2. The zero-order valence-corrected chi connectivity index (χ0v) is 11.8. The summed E-state index contributed by atoms with van der Waals surface area (Å²) in [7, 11) is 2.06. The molecule has 3 rings (SSSR count). The Bertz CT molecular complexity index is 668. The molecule has 1 aromatic carbocycles. The maximum atomic E-state index is 5.83. The van der Waals surface area contributed by atoms with E-state index in [2.05, 4.69) is 45.8 Å². The number of rotatable bonds is 5. The molecule has 0 saturated carbocycles. The Balaban J connectivity index is 1.70. The molecule has 0 spiro atoms. The first-order chi connectivity index (χ1) is 9.76. The lowest BCUT2D eigenvalue weighted by Crippen LogP contribution is -2.19. The molecule has 0 aliphatic rings. The zero-order chi connectivity index (χ0) is 13.9. The molecule has 2 heterocycles. The number of para-hydroxylation sites is 1. The molecular formula is C15H18N4O. The van der Waals surface area contributed by atoms with Crippen molar-refractivity contribution in [1.82, 2.24) is 19.7 Å². The number of fused-ring (bicyclic) bond motifs is 1. The van der Waals surface area contributed by atoms with Crippen molar-refractivity contribution >= 4 is 11.0 Å². The van der Waals surface area contributed by atoms with E-state index in [4.69, 9.17) is 4.42 Å². The van der Waals surface area contributed by atoms with E-state index < -0.39 is 0 Å². The van der Waals surface area contributed by atoms with Crippen molar-refractivity contribution in [1.29, 1.82) is 0 Å². The minimum absolute atomic E-state index is 0.755. The van der Waals surface area contributed by atoms with Crippen molar-refractivity contribution in [2.24, 2.45) is 0 Å². The predicted octanol–water partition coefficient (Wildman–Crippen LogP) is 2.68. The Hall–Kier alpha value is -2.14. The lowest BCUT2D eigenvalue weighted by Gasteiger charge is -2.14. The van der Waals surface area contributed by atoms with Crippen molar-refractivity contribution in [3.05, 3.63) is 48.2 Å². The lowest BCUT2D eigenvalue weighted by atomic mass is 10.2. The Morgan fingerprint density at radius 2 is 2.10 bits per heavy atom. The molecular weight excluding hydrogens is 252 g/mol. The number of nitrogens with zero attached hydrogens (tertiary/aromatic N) is 4. The van der Waals surface area contributed by atoms with Crippen molar-refractivity contribution in [2.75, 3.05) is 7.05 Å². The molecule has 2 aromatic heterocycles. The Morgan fingerprint density at radius 1 is 1.25 bits per heavy atom. The summed E-state index contributed by atoms with van der Waals surface area (Å²) in [5.74, 6) is 1.95. The summed E-state index contributed by atoms with van der Waals surface area (Å²) in [6.45, 7) is 4.49. The fourth-order valence-electron chi connectivity index (χ4n) is 2.34. The first-order valence-electron chi connectivity index (χ1n) is 6.79. The van der Waals surface area contributed by atoms with Gasteiger partial charge in [-0.2, -0.15) is 0 Å². The average molecular weight is 270 g/mol. The number of aryl methyl sites for hydroxylation is 1. The van der Waals surface area contributed by atoms with Gasteiger partial charge in [0.15, 0.2) is 0 Å². The van der Waals surface area contributed by atoms with Gasteiger partial charge in [0.1, 0.15) is 23.5 Å². The third kappa shape index (κ3) is 2.58. The molecule has 104 valence electrons. The van der Waals surface area contributed by atoms with Gasteiger partial charge in [-0.25, -0.2) is 0 Å². The molecule has 0 aliphatic carbocycles. The van der Waals surface area contributed by atoms with Gasteiger partial charge < -0.3 is 8.98 Å². The van der Waals surface area contributed by atoms with Crippen molar-refractivity contribution in [3.8, 4) is 0 Å². The van der Waals surface area contributed by atoms with Crippen molar-refractivity contribution in [3.63, 3.8) is 0 Å². The summed E-state index contributed by atoms with van der Waals surface area (Å²) in [5, 5.41) is 9.25. The molecule has 0 unspecified atom stereocenters. The number of aromatic nitrogens is 3. The maximum Gasteiger partial charge on any atom is 0.147 e. The van der Waals surface area contributed by atoms with Crippen molar-refractivity contribution in [2.45, 2.75) is 26.6 Å². The van der Waals surface area contributed by atoms with Gasteiger partial charge in [-0.3, -0.25) is 4.90 Å². The second kappa shape index (κ2) is 5.46. The largest absolute Gasteiger partial charge is 0.460 e. The summed E-state index contributed by atoms with van der Waals surface area (Å²) >= 11 is 0. The van der Waals surface area contributed by atoms with Gasteiger partial charge >= 0.3 is 0 Å². The monoisotopic (exact) mass is 270 g/mol. The minimum atomic E-state index is 0.755. The Kier molecular flexibility index (Phi) is 3.52. The number of hydrogen-bond donors (Lipinski definition) is 0. The van der Waals surface area contributed by atoms with Crippen LogP contribution in [0, 0.1) is 0 Å². The highest BCUT2D eigenvalue weighted by Gasteiger charge is 2.10. The summed E-state index contributed by atoms with van der Waals surface area (Å²) in [4.78, 5) is 2.17. The van der Waals surface area contributed by atoms with Crippen LogP contribution in [0.25, 0.3) is 11.0 Å². The molecule has 0 saturated heterocycles. The number of furan rings is 1. The minimum Gasteiger partial charge on any atom is -0.460 e. The lowest BCUT2D eigenvalue weighted by molar-refractivity contribution is 0.280. The van der Waals surface area contributed by atoms with E-state index in [1.54, 1.807) is 6.33 Å². The first-order valence-corrected chi connectivity index (χ1v) is 6.79. The van der Waals surface area contributed by atoms with Gasteiger partial charge in [0.05, 0.1) is 13.1 Å². The molecule has 5 heteroatoms. The number of hydrogen-bond acceptors (Lipinski definition) is 4. The van der Waals surface area contributed by atoms with E-state index in [-0.39, 0.29) is 0 Å². The van der Waals surface area contributed by atoms with Crippen LogP contribution >= 0.6 is 0 Å². The van der Waals surface area contributed by atoms with Gasteiger partial charge in [0.2, 0.25) is 0 Å². The second-order valence-electron chi connectivity index (χ2n) is 4.96. The van der Waals surface area contributed by atoms with Crippen LogP contribution in [0.2, 0.25) is 0 Å². The summed E-state index contributed by atoms with van der Waals surface area (Å²) in [6.07, 6.45) is 1.77.